The van der Waals surface area contributed by atoms with Crippen LogP contribution in [0.4, 0.5) is 5.82 Å². The molecular formula is C26H42N7O17P3S. The molecule has 2 amide bonds. The van der Waals surface area contributed by atoms with Crippen LogP contribution in [0.15, 0.2) is 18.5 Å². The minimum absolute atomic E-state index is 0.0539. The van der Waals surface area contributed by atoms with Crippen LogP contribution in [0.5, 0.6) is 0 Å². The number of rotatable bonds is 21. The normalized spacial score (nSPS) is 22.2. The quantitative estimate of drug-likeness (QED) is 0.0327. The predicted molar refractivity (Wildman–Crippen MR) is 187 cm³/mol. The number of thiol groups is 1. The number of nitrogens with zero attached hydrogens (tertiary/aromatic N) is 4. The number of aromatic nitrogens is 4. The lowest BCUT2D eigenvalue weighted by atomic mass is 9.87. The number of carbonyl (C=O) groups excluding carboxylic acids is 3. The first-order valence-electron chi connectivity index (χ1n) is 15.8. The number of anilines is 1. The highest BCUT2D eigenvalue weighted by Gasteiger charge is 2.50. The number of nitrogen functional groups attached to an aromatic ring is 1. The number of nitrogens with two attached hydrogens (primary N) is 1. The molecule has 1 saturated heterocycles. The average Bonchev–Trinajstić information content (AvgIpc) is 3.63. The van der Waals surface area contributed by atoms with Gasteiger partial charge in [-0.15, -0.1) is 0 Å². The fraction of sp³-hybridized carbons (Fsp3) is 0.615. The van der Waals surface area contributed by atoms with Crippen LogP contribution in [-0.2, 0) is 45.9 Å². The number of imidazole rings is 1. The van der Waals surface area contributed by atoms with Crippen molar-refractivity contribution >= 4 is 70.7 Å². The van der Waals surface area contributed by atoms with Gasteiger partial charge in [-0.3, -0.25) is 32.5 Å². The van der Waals surface area contributed by atoms with Crippen molar-refractivity contribution in [2.75, 3.05) is 37.8 Å². The Morgan fingerprint density at radius 2 is 1.78 bits per heavy atom. The van der Waals surface area contributed by atoms with Gasteiger partial charge in [0.05, 0.1) is 19.5 Å². The molecule has 1 aliphatic rings. The summed E-state index contributed by atoms with van der Waals surface area (Å²) in [6, 6.07) is 0. The van der Waals surface area contributed by atoms with Gasteiger partial charge in [-0.05, 0) is 12.5 Å². The van der Waals surface area contributed by atoms with Crippen molar-refractivity contribution in [1.82, 2.24) is 30.2 Å². The molecular weight excluding hydrogens is 807 g/mol. The number of hydrogen-bond acceptors (Lipinski definition) is 18. The van der Waals surface area contributed by atoms with E-state index in [-0.39, 0.29) is 41.7 Å². The highest BCUT2D eigenvalue weighted by molar-refractivity contribution is 7.80. The monoisotopic (exact) mass is 849 g/mol. The smallest absolute Gasteiger partial charge is 0.386 e. The maximum absolute atomic E-state index is 12.7. The van der Waals surface area contributed by atoms with Gasteiger partial charge >= 0.3 is 23.5 Å². The summed E-state index contributed by atoms with van der Waals surface area (Å²) in [5.41, 5.74) is 4.12. The average molecular weight is 850 g/mol. The molecule has 0 spiro atoms. The van der Waals surface area contributed by atoms with Gasteiger partial charge < -0.3 is 50.9 Å². The van der Waals surface area contributed by atoms with Crippen LogP contribution in [0.25, 0.3) is 11.2 Å². The van der Waals surface area contributed by atoms with Gasteiger partial charge in [-0.2, -0.15) is 16.9 Å². The van der Waals surface area contributed by atoms with Crippen molar-refractivity contribution in [2.24, 2.45) is 5.41 Å². The summed E-state index contributed by atoms with van der Waals surface area (Å²) in [4.78, 5) is 88.0. The van der Waals surface area contributed by atoms with Crippen molar-refractivity contribution in [2.45, 2.75) is 64.3 Å². The van der Waals surface area contributed by atoms with Crippen LogP contribution in [-0.4, -0.2) is 123 Å². The Balaban J connectivity index is 1.69. The molecule has 24 nitrogen and oxygen atoms in total. The number of hydrogen-bond donors (Lipinski definition) is 10. The van der Waals surface area contributed by atoms with Crippen molar-refractivity contribution in [3.63, 3.8) is 0 Å². The number of ketones is 1. The molecule has 2 aromatic rings. The number of aliphatic hydroxyl groups is 2. The van der Waals surface area contributed by atoms with Crippen molar-refractivity contribution in [3.8, 4) is 0 Å². The molecule has 54 heavy (non-hydrogen) atoms. The van der Waals surface area contributed by atoms with Crippen LogP contribution < -0.4 is 16.4 Å². The topological polar surface area (TPSA) is 364 Å². The van der Waals surface area contributed by atoms with E-state index in [1.54, 1.807) is 13.0 Å². The second kappa shape index (κ2) is 19.0. The summed E-state index contributed by atoms with van der Waals surface area (Å²) < 4.78 is 62.2. The van der Waals surface area contributed by atoms with Crippen molar-refractivity contribution in [1.29, 1.82) is 0 Å². The number of phosphoric acid groups is 3. The highest BCUT2D eigenvalue weighted by atomic mass is 32.1. The highest BCUT2D eigenvalue weighted by Crippen LogP contribution is 2.61. The van der Waals surface area contributed by atoms with Gasteiger partial charge in [0, 0.05) is 30.7 Å². The number of phosphoric ester groups is 3. The first-order chi connectivity index (χ1) is 25.0. The summed E-state index contributed by atoms with van der Waals surface area (Å²) in [5, 5.41) is 26.4. The summed E-state index contributed by atoms with van der Waals surface area (Å²) in [5.74, 6) is -2.17. The molecule has 1 aliphatic heterocycles. The first kappa shape index (κ1) is 45.7. The molecule has 3 heterocycles. The Kier molecular flexibility index (Phi) is 16.0. The lowest BCUT2D eigenvalue weighted by Crippen LogP contribution is -2.46. The summed E-state index contributed by atoms with van der Waals surface area (Å²) >= 11 is 3.95. The minimum Gasteiger partial charge on any atom is -0.386 e. The van der Waals surface area contributed by atoms with E-state index in [1.807, 2.05) is 0 Å². The minimum atomic E-state index is -5.61. The number of fused-ring (bicyclic) bond motifs is 1. The van der Waals surface area contributed by atoms with Crippen LogP contribution in [0.2, 0.25) is 0 Å². The maximum Gasteiger partial charge on any atom is 0.481 e. The third kappa shape index (κ3) is 12.9. The third-order valence-corrected chi connectivity index (χ3v) is 10.6. The number of carbonyl (C=O) groups is 3. The van der Waals surface area contributed by atoms with Gasteiger partial charge in [0.15, 0.2) is 17.7 Å². The van der Waals surface area contributed by atoms with E-state index in [2.05, 4.69) is 47.0 Å². The molecule has 1 fully saturated rings. The van der Waals surface area contributed by atoms with Crippen molar-refractivity contribution in [3.05, 3.63) is 24.3 Å². The van der Waals surface area contributed by atoms with Crippen molar-refractivity contribution < 1.29 is 80.5 Å². The molecule has 28 heteroatoms. The van der Waals surface area contributed by atoms with Gasteiger partial charge in [0.25, 0.3) is 0 Å². The zero-order valence-electron chi connectivity index (χ0n) is 28.9. The maximum atomic E-state index is 12.7. The van der Waals surface area contributed by atoms with E-state index in [1.165, 1.54) is 19.9 Å². The number of amides is 2. The van der Waals surface area contributed by atoms with E-state index in [0.29, 0.717) is 18.7 Å². The molecule has 0 saturated carbocycles. The van der Waals surface area contributed by atoms with Gasteiger partial charge in [0.1, 0.15) is 29.9 Å². The van der Waals surface area contributed by atoms with E-state index in [9.17, 15) is 57.9 Å². The summed E-state index contributed by atoms with van der Waals surface area (Å²) in [6.07, 6.45) is -5.09. The zero-order chi connectivity index (χ0) is 40.6. The molecule has 7 atom stereocenters. The summed E-state index contributed by atoms with van der Waals surface area (Å²) in [6.45, 7) is 2.37. The Bertz CT molecular complexity index is 1840. The second-order valence-electron chi connectivity index (χ2n) is 12.1. The largest absolute Gasteiger partial charge is 0.481 e. The number of allylic oxidation sites excluding steroid dienone is 2. The van der Waals surface area contributed by atoms with Gasteiger partial charge in [-0.25, -0.2) is 28.6 Å². The Hall–Kier alpha value is -2.70. The fourth-order valence-corrected chi connectivity index (χ4v) is 7.55. The summed E-state index contributed by atoms with van der Waals surface area (Å²) in [7, 11) is -16.5. The molecule has 304 valence electrons. The predicted octanol–water partition coefficient (Wildman–Crippen LogP) is -0.516. The van der Waals surface area contributed by atoms with Crippen LogP contribution in [0, 0.1) is 5.41 Å². The Morgan fingerprint density at radius 3 is 2.41 bits per heavy atom. The van der Waals surface area contributed by atoms with Gasteiger partial charge in [0.2, 0.25) is 23.4 Å². The Morgan fingerprint density at radius 1 is 1.11 bits per heavy atom. The lowest BCUT2D eigenvalue weighted by Gasteiger charge is -2.30. The Labute approximate surface area is 312 Å². The zero-order valence-corrected chi connectivity index (χ0v) is 32.5. The standard InChI is InChI=1S/C26H42N7O17P3S/c1-4-5-6-14(34)22-31-21(27)17-23(32-22)33(13-30-17)25-18(36)19(49-51(39,40)41)15(48-25)11-46-52(42,43)50-53(44,45)47-12-26(2,3)20(37)24(38)29-8-7-16(35)28-9-10-54/h5-6,13,15,18-20,25,36-37,54H,4,7-12H2,1-3H3,(H,28,35)(H,29,38)(H,42,43)(H,44,45)(H2,27,31,32)(H2,39,40,41)/t15-,18-,19-,20+,25-/m1/s1. The number of nitrogens with one attached hydrogen (secondary N) is 2. The van der Waals surface area contributed by atoms with E-state index < -0.39 is 84.4 Å². The molecule has 0 radical (unpaired) electrons. The fourth-order valence-electron chi connectivity index (χ4n) is 4.61. The van der Waals surface area contributed by atoms with Gasteiger partial charge in [-0.1, -0.05) is 26.8 Å². The molecule has 0 aromatic carbocycles. The van der Waals surface area contributed by atoms with Crippen LogP contribution in [0.3, 0.4) is 0 Å². The molecule has 0 aliphatic carbocycles. The van der Waals surface area contributed by atoms with Crippen LogP contribution in [0.1, 0.15) is 50.5 Å². The van der Waals surface area contributed by atoms with E-state index in [0.717, 1.165) is 10.9 Å². The second-order valence-corrected chi connectivity index (χ2v) is 16.8. The number of aliphatic hydroxyl groups excluding tert-OH is 2. The SMILES string of the molecule is CCC=CC(=O)c1nc(N)c2ncn([C@@H]3O[C@H](COP(=O)(O)OP(=O)(O)OCC(C)(C)[C@@H](O)C(=O)NCCC(=O)NCCS)[C@@H](OP(=O)(O)O)[C@H]3O)c2n1. The molecule has 2 unspecified atom stereocenters. The molecule has 10 N–H and O–H groups in total. The third-order valence-electron chi connectivity index (χ3n) is 7.30. The van der Waals surface area contributed by atoms with Crippen LogP contribution >= 0.6 is 36.1 Å². The van der Waals surface area contributed by atoms with E-state index >= 15 is 0 Å². The molecule has 3 rings (SSSR count). The number of ether oxygens (including phenoxy) is 1. The van der Waals surface area contributed by atoms with E-state index in [4.69, 9.17) is 19.5 Å². The lowest BCUT2D eigenvalue weighted by molar-refractivity contribution is -0.137. The molecule has 2 aromatic heterocycles. The first-order valence-corrected chi connectivity index (χ1v) is 20.9. The molecule has 0 bridgehead atoms.